The largest absolute Gasteiger partial charge is 0.434 e. The van der Waals surface area contributed by atoms with Crippen LogP contribution in [0.5, 0.6) is 0 Å². The number of carbonyl (C=O) groups is 2. The van der Waals surface area contributed by atoms with Crippen molar-refractivity contribution in [2.24, 2.45) is 5.92 Å². The molecule has 0 N–H and O–H groups in total. The van der Waals surface area contributed by atoms with Crippen molar-refractivity contribution in [3.05, 3.63) is 25.5 Å². The normalized spacial score (nSPS) is 21.1. The minimum absolute atomic E-state index is 0.0283. The van der Waals surface area contributed by atoms with Crippen LogP contribution in [0.4, 0.5) is 0 Å². The third-order valence-corrected chi connectivity index (χ3v) is 2.98. The number of carbonyl (C=O) groups excluding carboxylic acids is 2. The summed E-state index contributed by atoms with van der Waals surface area (Å²) in [7, 11) is 0. The average molecular weight is 237 g/mol. The van der Waals surface area contributed by atoms with Gasteiger partial charge in [-0.15, -0.1) is 6.58 Å². The third-order valence-electron chi connectivity index (χ3n) is 2.98. The Morgan fingerprint density at radius 3 is 2.82 bits per heavy atom. The van der Waals surface area contributed by atoms with Crippen LogP contribution in [-0.2, 0) is 14.3 Å². The number of ether oxygens (including phenoxy) is 1. The van der Waals surface area contributed by atoms with Gasteiger partial charge in [-0.3, -0.25) is 4.79 Å². The van der Waals surface area contributed by atoms with E-state index in [4.69, 9.17) is 4.74 Å². The van der Waals surface area contributed by atoms with Crippen LogP contribution in [0, 0.1) is 5.92 Å². The van der Waals surface area contributed by atoms with Gasteiger partial charge in [-0.2, -0.15) is 0 Å². The van der Waals surface area contributed by atoms with E-state index in [0.717, 1.165) is 19.1 Å². The number of amides is 1. The summed E-state index contributed by atoms with van der Waals surface area (Å²) in [5.74, 6) is -0.592. The van der Waals surface area contributed by atoms with Gasteiger partial charge in [0.2, 0.25) is 5.91 Å². The van der Waals surface area contributed by atoms with Crippen molar-refractivity contribution in [2.75, 3.05) is 6.54 Å². The maximum absolute atomic E-state index is 12.0. The molecule has 0 bridgehead atoms. The SMILES string of the molecule is C=COC(=O)C(CCC)N1CCC(C=C)C1=O. The van der Waals surface area contributed by atoms with Gasteiger partial charge in [0.15, 0.2) is 0 Å². The molecule has 1 heterocycles. The number of nitrogens with zero attached hydrogens (tertiary/aromatic N) is 1. The average Bonchev–Trinajstić information content (AvgIpc) is 2.67. The number of hydrogen-bond donors (Lipinski definition) is 0. The fraction of sp³-hybridized carbons (Fsp3) is 0.538. The molecule has 2 unspecified atom stereocenters. The summed E-state index contributed by atoms with van der Waals surface area (Å²) >= 11 is 0. The van der Waals surface area contributed by atoms with Gasteiger partial charge in [-0.05, 0) is 12.8 Å². The topological polar surface area (TPSA) is 46.6 Å². The molecular formula is C13H19NO3. The lowest BCUT2D eigenvalue weighted by Crippen LogP contribution is -2.43. The maximum atomic E-state index is 12.0. The molecule has 1 aliphatic rings. The van der Waals surface area contributed by atoms with Crippen LogP contribution in [0.1, 0.15) is 26.2 Å². The van der Waals surface area contributed by atoms with E-state index >= 15 is 0 Å². The number of likely N-dealkylation sites (tertiary alicyclic amines) is 1. The number of hydrogen-bond acceptors (Lipinski definition) is 3. The molecule has 4 heteroatoms. The summed E-state index contributed by atoms with van der Waals surface area (Å²) in [6.07, 6.45) is 4.91. The minimum Gasteiger partial charge on any atom is -0.434 e. The van der Waals surface area contributed by atoms with Crippen LogP contribution in [0.2, 0.25) is 0 Å². The molecule has 17 heavy (non-hydrogen) atoms. The van der Waals surface area contributed by atoms with Crippen LogP contribution in [0.15, 0.2) is 25.5 Å². The Hall–Kier alpha value is -1.58. The van der Waals surface area contributed by atoms with Gasteiger partial charge in [-0.1, -0.05) is 26.0 Å². The van der Waals surface area contributed by atoms with Crippen molar-refractivity contribution in [1.29, 1.82) is 0 Å². The molecule has 0 aromatic heterocycles. The van der Waals surface area contributed by atoms with Crippen LogP contribution in [0.25, 0.3) is 0 Å². The molecule has 1 rings (SSSR count). The molecule has 0 aliphatic carbocycles. The molecule has 2 atom stereocenters. The van der Waals surface area contributed by atoms with E-state index in [1.54, 1.807) is 11.0 Å². The lowest BCUT2D eigenvalue weighted by molar-refractivity contribution is -0.149. The van der Waals surface area contributed by atoms with E-state index in [2.05, 4.69) is 13.2 Å². The van der Waals surface area contributed by atoms with E-state index in [1.165, 1.54) is 0 Å². The lowest BCUT2D eigenvalue weighted by atomic mass is 10.1. The summed E-state index contributed by atoms with van der Waals surface area (Å²) in [6, 6.07) is -0.490. The van der Waals surface area contributed by atoms with E-state index in [0.29, 0.717) is 13.0 Å². The van der Waals surface area contributed by atoms with Gasteiger partial charge in [0.05, 0.1) is 12.2 Å². The smallest absolute Gasteiger partial charge is 0.333 e. The van der Waals surface area contributed by atoms with Gasteiger partial charge < -0.3 is 9.64 Å². The zero-order valence-corrected chi connectivity index (χ0v) is 10.2. The van der Waals surface area contributed by atoms with Gasteiger partial charge in [0.1, 0.15) is 6.04 Å². The van der Waals surface area contributed by atoms with E-state index in [-0.39, 0.29) is 11.8 Å². The van der Waals surface area contributed by atoms with Gasteiger partial charge in [0.25, 0.3) is 0 Å². The van der Waals surface area contributed by atoms with Crippen molar-refractivity contribution in [1.82, 2.24) is 4.90 Å². The molecule has 4 nitrogen and oxygen atoms in total. The second kappa shape index (κ2) is 6.23. The van der Waals surface area contributed by atoms with E-state index < -0.39 is 12.0 Å². The third kappa shape index (κ3) is 2.96. The molecule has 1 fully saturated rings. The fourth-order valence-electron chi connectivity index (χ4n) is 2.09. The predicted octanol–water partition coefficient (Wildman–Crippen LogP) is 1.88. The van der Waals surface area contributed by atoms with Crippen LogP contribution < -0.4 is 0 Å². The highest BCUT2D eigenvalue weighted by Crippen LogP contribution is 2.23. The fourth-order valence-corrected chi connectivity index (χ4v) is 2.09. The second-order valence-electron chi connectivity index (χ2n) is 4.07. The molecule has 94 valence electrons. The summed E-state index contributed by atoms with van der Waals surface area (Å²) in [5.41, 5.74) is 0. The van der Waals surface area contributed by atoms with Crippen molar-refractivity contribution < 1.29 is 14.3 Å². The first-order valence-corrected chi connectivity index (χ1v) is 5.90. The number of esters is 1. The quantitative estimate of drug-likeness (QED) is 0.402. The zero-order chi connectivity index (χ0) is 12.8. The van der Waals surface area contributed by atoms with Crippen LogP contribution in [-0.4, -0.2) is 29.4 Å². The Bertz CT molecular complexity index is 325. The first-order chi connectivity index (χ1) is 8.15. The summed E-state index contributed by atoms with van der Waals surface area (Å²) < 4.78 is 4.79. The molecule has 1 amide bonds. The molecular weight excluding hydrogens is 218 g/mol. The highest BCUT2D eigenvalue weighted by atomic mass is 16.5. The zero-order valence-electron chi connectivity index (χ0n) is 10.2. The highest BCUT2D eigenvalue weighted by Gasteiger charge is 2.37. The molecule has 1 aliphatic heterocycles. The maximum Gasteiger partial charge on any atom is 0.333 e. The number of rotatable bonds is 6. The van der Waals surface area contributed by atoms with Crippen LogP contribution in [0.3, 0.4) is 0 Å². The summed E-state index contributed by atoms with van der Waals surface area (Å²) in [6.45, 7) is 9.55. The van der Waals surface area contributed by atoms with Gasteiger partial charge in [-0.25, -0.2) is 4.79 Å². The van der Waals surface area contributed by atoms with Gasteiger partial charge >= 0.3 is 5.97 Å². The molecule has 0 aromatic rings. The Balaban J connectivity index is 2.77. The second-order valence-corrected chi connectivity index (χ2v) is 4.07. The van der Waals surface area contributed by atoms with Crippen molar-refractivity contribution in [3.63, 3.8) is 0 Å². The predicted molar refractivity (Wildman–Crippen MR) is 65.0 cm³/mol. The lowest BCUT2D eigenvalue weighted by Gasteiger charge is -2.25. The van der Waals surface area contributed by atoms with E-state index in [1.807, 2.05) is 6.92 Å². The van der Waals surface area contributed by atoms with Gasteiger partial charge in [0, 0.05) is 6.54 Å². The Morgan fingerprint density at radius 1 is 1.65 bits per heavy atom. The summed E-state index contributed by atoms with van der Waals surface area (Å²) in [4.78, 5) is 25.3. The van der Waals surface area contributed by atoms with Crippen LogP contribution >= 0.6 is 0 Å². The minimum atomic E-state index is -0.490. The Morgan fingerprint density at radius 2 is 2.35 bits per heavy atom. The molecule has 0 spiro atoms. The molecule has 0 radical (unpaired) electrons. The first-order valence-electron chi connectivity index (χ1n) is 5.90. The standard InChI is InChI=1S/C13H19NO3/c1-4-7-11(13(16)17-6-3)14-9-8-10(5-2)12(14)15/h5-6,10-11H,2-4,7-9H2,1H3. The Kier molecular flexibility index (Phi) is 4.94. The molecule has 0 aromatic carbocycles. The van der Waals surface area contributed by atoms with Crippen molar-refractivity contribution in [2.45, 2.75) is 32.2 Å². The monoisotopic (exact) mass is 237 g/mol. The first kappa shape index (κ1) is 13.5. The van der Waals surface area contributed by atoms with E-state index in [9.17, 15) is 9.59 Å². The van der Waals surface area contributed by atoms with Crippen molar-refractivity contribution >= 4 is 11.9 Å². The molecule has 1 saturated heterocycles. The molecule has 0 saturated carbocycles. The highest BCUT2D eigenvalue weighted by molar-refractivity contribution is 5.88. The van der Waals surface area contributed by atoms with Crippen molar-refractivity contribution in [3.8, 4) is 0 Å². The Labute approximate surface area is 102 Å². The summed E-state index contributed by atoms with van der Waals surface area (Å²) in [5, 5.41) is 0.